The third-order valence-electron chi connectivity index (χ3n) is 5.85. The van der Waals surface area contributed by atoms with E-state index in [1.165, 1.54) is 18.5 Å². The number of H-pyrrole nitrogens is 1. The van der Waals surface area contributed by atoms with Gasteiger partial charge in [0.15, 0.2) is 11.7 Å². The highest BCUT2D eigenvalue weighted by atomic mass is 79.9. The summed E-state index contributed by atoms with van der Waals surface area (Å²) in [6.07, 6.45) is 1.70. The molecule has 0 radical (unpaired) electrons. The fourth-order valence-electron chi connectivity index (χ4n) is 4.39. The van der Waals surface area contributed by atoms with Crippen molar-refractivity contribution >= 4 is 27.7 Å². The van der Waals surface area contributed by atoms with Crippen molar-refractivity contribution in [2.75, 3.05) is 32.8 Å². The number of halogens is 2. The highest BCUT2D eigenvalue weighted by Gasteiger charge is 2.35. The molecule has 2 aliphatic rings. The van der Waals surface area contributed by atoms with Gasteiger partial charge in [-0.25, -0.2) is 14.2 Å². The van der Waals surface area contributed by atoms with Crippen molar-refractivity contribution in [3.05, 3.63) is 57.5 Å². The molecule has 0 bridgehead atoms. The molecule has 194 valence electrons. The minimum Gasteiger partial charge on any atom is -0.463 e. The zero-order valence-corrected chi connectivity index (χ0v) is 22.0. The summed E-state index contributed by atoms with van der Waals surface area (Å²) in [5.74, 6) is -0.117. The number of morpholine rings is 1. The Morgan fingerprint density at radius 3 is 2.89 bits per heavy atom. The maximum atomic E-state index is 13.9. The maximum absolute atomic E-state index is 13.9. The summed E-state index contributed by atoms with van der Waals surface area (Å²) in [4.78, 5) is 24.4. The zero-order chi connectivity index (χ0) is 25.9. The molecule has 1 saturated heterocycles. The van der Waals surface area contributed by atoms with E-state index in [1.54, 1.807) is 26.8 Å². The second kappa shape index (κ2) is 11.2. The van der Waals surface area contributed by atoms with Gasteiger partial charge in [0, 0.05) is 36.2 Å². The lowest BCUT2D eigenvalue weighted by atomic mass is 9.95. The number of nitrogens with zero attached hydrogens (tertiary/aromatic N) is 4. The van der Waals surface area contributed by atoms with Gasteiger partial charge in [0.05, 0.1) is 30.5 Å². The van der Waals surface area contributed by atoms with Crippen molar-refractivity contribution in [2.45, 2.75) is 44.9 Å². The maximum Gasteiger partial charge on any atom is 0.338 e. The molecule has 2 aromatic rings. The van der Waals surface area contributed by atoms with E-state index in [0.29, 0.717) is 65.6 Å². The molecule has 10 nitrogen and oxygen atoms in total. The third-order valence-corrected chi connectivity index (χ3v) is 6.54. The van der Waals surface area contributed by atoms with E-state index in [1.807, 2.05) is 0 Å². The van der Waals surface area contributed by atoms with Gasteiger partial charge in [-0.2, -0.15) is 5.10 Å². The first-order chi connectivity index (χ1) is 17.1. The molecule has 1 fully saturated rings. The van der Waals surface area contributed by atoms with Crippen molar-refractivity contribution in [1.29, 1.82) is 0 Å². The van der Waals surface area contributed by atoms with Crippen LogP contribution in [-0.2, 0) is 14.3 Å². The molecule has 2 atom stereocenters. The lowest BCUT2D eigenvalue weighted by molar-refractivity contribution is -0.139. The minimum atomic E-state index is -0.863. The Balaban J connectivity index is 1.74. The summed E-state index contributed by atoms with van der Waals surface area (Å²) in [6.45, 7) is 7.53. The molecule has 3 N–H and O–H groups in total. The molecule has 1 aromatic carbocycles. The molecular weight excluding hydrogens is 535 g/mol. The highest BCUT2D eigenvalue weighted by Crippen LogP contribution is 2.36. The van der Waals surface area contributed by atoms with Gasteiger partial charge in [-0.15, -0.1) is 0 Å². The number of aliphatic imine (C=N–C) groups is 1. The first-order valence-corrected chi connectivity index (χ1v) is 12.6. The van der Waals surface area contributed by atoms with Crippen LogP contribution in [0.4, 0.5) is 4.39 Å². The molecule has 0 amide bonds. The van der Waals surface area contributed by atoms with Gasteiger partial charge in [0.2, 0.25) is 0 Å². The standard InChI is InChI=1S/C24H30BrFN6O4/c1-4-35-23(33)19-18(12-32-7-8-36-15(11-32)10-24(2,3)34)29-22(21-27-13-28-31-21)30-20(19)16-6-5-14(26)9-17(16)25/h5-6,9,13,15,20,34H,4,7-8,10-12H2,1-3H3,(H,29,30)(H,27,28,31)/t15-,20?/m1/s1. The Morgan fingerprint density at radius 1 is 1.42 bits per heavy atom. The normalized spacial score (nSPS) is 21.2. The molecule has 3 heterocycles. The number of carbonyl (C=O) groups excluding carboxylic acids is 1. The number of hydrogen-bond acceptors (Lipinski definition) is 9. The molecule has 36 heavy (non-hydrogen) atoms. The number of rotatable bonds is 8. The van der Waals surface area contributed by atoms with Crippen LogP contribution >= 0.6 is 15.9 Å². The Hall–Kier alpha value is -2.67. The van der Waals surface area contributed by atoms with E-state index in [4.69, 9.17) is 14.5 Å². The predicted molar refractivity (Wildman–Crippen MR) is 134 cm³/mol. The van der Waals surface area contributed by atoms with Gasteiger partial charge in [-0.05, 0) is 38.5 Å². The van der Waals surface area contributed by atoms with Crippen LogP contribution in [0.2, 0.25) is 0 Å². The van der Waals surface area contributed by atoms with Crippen LogP contribution in [0, 0.1) is 5.82 Å². The van der Waals surface area contributed by atoms with E-state index in [-0.39, 0.29) is 12.7 Å². The number of amidine groups is 1. The first kappa shape index (κ1) is 26.4. The molecular formula is C24H30BrFN6O4. The predicted octanol–water partition coefficient (Wildman–Crippen LogP) is 2.48. The number of aromatic nitrogens is 3. The fraction of sp³-hybridized carbons (Fsp3) is 0.500. The number of ether oxygens (including phenoxy) is 2. The van der Waals surface area contributed by atoms with Crippen LogP contribution in [0.5, 0.6) is 0 Å². The van der Waals surface area contributed by atoms with Crippen molar-refractivity contribution in [3.63, 3.8) is 0 Å². The second-order valence-electron chi connectivity index (χ2n) is 9.36. The number of nitrogens with one attached hydrogen (secondary N) is 2. The van der Waals surface area contributed by atoms with Crippen LogP contribution in [0.15, 0.2) is 45.3 Å². The van der Waals surface area contributed by atoms with Crippen LogP contribution < -0.4 is 5.32 Å². The molecule has 1 aromatic heterocycles. The third kappa shape index (κ3) is 6.36. The van der Waals surface area contributed by atoms with Crippen molar-refractivity contribution in [3.8, 4) is 0 Å². The van der Waals surface area contributed by atoms with Crippen LogP contribution in [0.25, 0.3) is 0 Å². The van der Waals surface area contributed by atoms with Gasteiger partial charge < -0.3 is 19.9 Å². The summed E-state index contributed by atoms with van der Waals surface area (Å²) in [7, 11) is 0. The van der Waals surface area contributed by atoms with E-state index in [2.05, 4.69) is 41.3 Å². The lowest BCUT2D eigenvalue weighted by Crippen LogP contribution is -2.48. The molecule has 12 heteroatoms. The van der Waals surface area contributed by atoms with Crippen LogP contribution in [0.3, 0.4) is 0 Å². The fourth-order valence-corrected chi connectivity index (χ4v) is 4.95. The lowest BCUT2D eigenvalue weighted by Gasteiger charge is -2.37. The van der Waals surface area contributed by atoms with Gasteiger partial charge in [-0.1, -0.05) is 22.0 Å². The molecule has 0 spiro atoms. The molecule has 4 rings (SSSR count). The molecule has 2 aliphatic heterocycles. The Kier molecular flexibility index (Phi) is 8.18. The monoisotopic (exact) mass is 564 g/mol. The summed E-state index contributed by atoms with van der Waals surface area (Å²) < 4.78 is 25.7. The van der Waals surface area contributed by atoms with E-state index < -0.39 is 23.4 Å². The van der Waals surface area contributed by atoms with Crippen molar-refractivity contribution in [1.82, 2.24) is 25.4 Å². The van der Waals surface area contributed by atoms with Crippen LogP contribution in [-0.4, -0.2) is 81.5 Å². The van der Waals surface area contributed by atoms with E-state index >= 15 is 0 Å². The van der Waals surface area contributed by atoms with Crippen LogP contribution in [0.1, 0.15) is 44.6 Å². The largest absolute Gasteiger partial charge is 0.463 e. The van der Waals surface area contributed by atoms with Gasteiger partial charge in [0.1, 0.15) is 18.2 Å². The minimum absolute atomic E-state index is 0.154. The topological polar surface area (TPSA) is 125 Å². The number of aliphatic hydroxyl groups is 1. The molecule has 0 aliphatic carbocycles. The average Bonchev–Trinajstić information content (AvgIpc) is 3.33. The van der Waals surface area contributed by atoms with Gasteiger partial charge in [-0.3, -0.25) is 15.0 Å². The average molecular weight is 565 g/mol. The number of benzene rings is 1. The SMILES string of the molecule is CCOC(=O)C1=C(CN2CCO[C@H](CC(C)(C)O)C2)NC(c2ncn[nH]2)=NC1c1ccc(F)cc1Br. The van der Waals surface area contributed by atoms with Crippen molar-refractivity contribution < 1.29 is 23.8 Å². The Labute approximate surface area is 217 Å². The Bertz CT molecular complexity index is 1150. The quantitative estimate of drug-likeness (QED) is 0.417. The van der Waals surface area contributed by atoms with Gasteiger partial charge >= 0.3 is 5.97 Å². The second-order valence-corrected chi connectivity index (χ2v) is 10.2. The summed E-state index contributed by atoms with van der Waals surface area (Å²) in [6, 6.07) is 3.50. The van der Waals surface area contributed by atoms with Crippen molar-refractivity contribution in [2.24, 2.45) is 4.99 Å². The highest BCUT2D eigenvalue weighted by molar-refractivity contribution is 9.10. The number of aromatic amines is 1. The Morgan fingerprint density at radius 2 is 2.22 bits per heavy atom. The molecule has 0 saturated carbocycles. The zero-order valence-electron chi connectivity index (χ0n) is 20.4. The summed E-state index contributed by atoms with van der Waals surface area (Å²) in [5.41, 5.74) is 0.674. The first-order valence-electron chi connectivity index (χ1n) is 11.8. The molecule has 1 unspecified atom stereocenters. The number of hydrogen-bond donors (Lipinski definition) is 3. The summed E-state index contributed by atoms with van der Waals surface area (Å²) >= 11 is 3.43. The van der Waals surface area contributed by atoms with E-state index in [0.717, 1.165) is 0 Å². The van der Waals surface area contributed by atoms with Gasteiger partial charge in [0.25, 0.3) is 0 Å². The number of esters is 1. The summed E-state index contributed by atoms with van der Waals surface area (Å²) in [5, 5.41) is 20.2. The number of carbonyl (C=O) groups is 1. The smallest absolute Gasteiger partial charge is 0.338 e. The van der Waals surface area contributed by atoms with E-state index in [9.17, 15) is 14.3 Å².